The van der Waals surface area contributed by atoms with Crippen molar-refractivity contribution in [1.29, 1.82) is 0 Å². The molecule has 1 N–H and O–H groups in total. The molecule has 0 aliphatic rings. The lowest BCUT2D eigenvalue weighted by Gasteiger charge is -2.20. The van der Waals surface area contributed by atoms with E-state index in [1.54, 1.807) is 11.8 Å². The van der Waals surface area contributed by atoms with Gasteiger partial charge in [-0.2, -0.15) is 0 Å². The molecule has 0 aliphatic carbocycles. The fraction of sp³-hybridized carbons (Fsp3) is 0.294. The standard InChI is InChI=1S/C17H19Cl2NS/c1-17(2,3)20-11-12-4-6-13(7-5-12)21-14-8-9-15(18)16(19)10-14/h4-10,20H,11H2,1-3H3. The highest BCUT2D eigenvalue weighted by molar-refractivity contribution is 7.99. The molecule has 21 heavy (non-hydrogen) atoms. The summed E-state index contributed by atoms with van der Waals surface area (Å²) in [5.41, 5.74) is 1.41. The molecule has 0 aromatic heterocycles. The van der Waals surface area contributed by atoms with Gasteiger partial charge in [0, 0.05) is 21.9 Å². The number of hydrogen-bond acceptors (Lipinski definition) is 2. The van der Waals surface area contributed by atoms with Crippen LogP contribution in [0.2, 0.25) is 10.0 Å². The lowest BCUT2D eigenvalue weighted by atomic mass is 10.1. The van der Waals surface area contributed by atoms with E-state index in [0.29, 0.717) is 10.0 Å². The largest absolute Gasteiger partial charge is 0.308 e. The zero-order chi connectivity index (χ0) is 15.5. The number of hydrogen-bond donors (Lipinski definition) is 1. The molecule has 0 saturated carbocycles. The first-order chi connectivity index (χ1) is 9.83. The zero-order valence-electron chi connectivity index (χ0n) is 12.4. The van der Waals surface area contributed by atoms with Crippen LogP contribution in [0.1, 0.15) is 26.3 Å². The molecule has 0 atom stereocenters. The molecule has 0 heterocycles. The summed E-state index contributed by atoms with van der Waals surface area (Å²) in [4.78, 5) is 2.28. The van der Waals surface area contributed by atoms with Crippen molar-refractivity contribution in [2.75, 3.05) is 0 Å². The highest BCUT2D eigenvalue weighted by atomic mass is 35.5. The van der Waals surface area contributed by atoms with Gasteiger partial charge in [0.05, 0.1) is 10.0 Å². The third kappa shape index (κ3) is 5.55. The molecule has 0 amide bonds. The molecule has 2 rings (SSSR count). The van der Waals surface area contributed by atoms with Crippen LogP contribution in [0.3, 0.4) is 0 Å². The monoisotopic (exact) mass is 339 g/mol. The van der Waals surface area contributed by atoms with Crippen molar-refractivity contribution in [3.8, 4) is 0 Å². The Balaban J connectivity index is 2.00. The second kappa shape index (κ2) is 7.06. The molecule has 0 saturated heterocycles. The van der Waals surface area contributed by atoms with Gasteiger partial charge in [0.2, 0.25) is 0 Å². The van der Waals surface area contributed by atoms with E-state index in [1.165, 1.54) is 10.5 Å². The van der Waals surface area contributed by atoms with Crippen molar-refractivity contribution >= 4 is 35.0 Å². The molecule has 0 unspecified atom stereocenters. The second-order valence-corrected chi connectivity index (χ2v) is 7.89. The van der Waals surface area contributed by atoms with Gasteiger partial charge >= 0.3 is 0 Å². The summed E-state index contributed by atoms with van der Waals surface area (Å²) in [5, 5.41) is 4.66. The van der Waals surface area contributed by atoms with E-state index in [0.717, 1.165) is 11.4 Å². The van der Waals surface area contributed by atoms with Crippen LogP contribution >= 0.6 is 35.0 Å². The topological polar surface area (TPSA) is 12.0 Å². The molecule has 0 aliphatic heterocycles. The van der Waals surface area contributed by atoms with Gasteiger partial charge in [-0.25, -0.2) is 0 Å². The summed E-state index contributed by atoms with van der Waals surface area (Å²) >= 11 is 13.6. The van der Waals surface area contributed by atoms with E-state index in [-0.39, 0.29) is 5.54 Å². The third-order valence-electron chi connectivity index (χ3n) is 2.87. The van der Waals surface area contributed by atoms with E-state index in [9.17, 15) is 0 Å². The van der Waals surface area contributed by atoms with Crippen LogP contribution in [0.5, 0.6) is 0 Å². The quantitative estimate of drug-likeness (QED) is 0.729. The normalized spacial score (nSPS) is 11.7. The Bertz CT molecular complexity index is 603. The van der Waals surface area contributed by atoms with E-state index < -0.39 is 0 Å². The van der Waals surface area contributed by atoms with E-state index in [1.807, 2.05) is 18.2 Å². The highest BCUT2D eigenvalue weighted by Crippen LogP contribution is 2.32. The van der Waals surface area contributed by atoms with Gasteiger partial charge in [0.25, 0.3) is 0 Å². The van der Waals surface area contributed by atoms with Gasteiger partial charge in [0.15, 0.2) is 0 Å². The Morgan fingerprint density at radius 3 is 2.10 bits per heavy atom. The van der Waals surface area contributed by atoms with Crippen molar-refractivity contribution < 1.29 is 0 Å². The molecule has 0 bridgehead atoms. The average molecular weight is 340 g/mol. The zero-order valence-corrected chi connectivity index (χ0v) is 14.7. The van der Waals surface area contributed by atoms with Crippen molar-refractivity contribution in [2.24, 2.45) is 0 Å². The first-order valence-electron chi connectivity index (χ1n) is 6.80. The van der Waals surface area contributed by atoms with Crippen LogP contribution in [-0.4, -0.2) is 5.54 Å². The average Bonchev–Trinajstić information content (AvgIpc) is 2.41. The second-order valence-electron chi connectivity index (χ2n) is 5.93. The Hall–Kier alpha value is -0.670. The molecule has 0 spiro atoms. The number of halogens is 2. The molecular weight excluding hydrogens is 321 g/mol. The summed E-state index contributed by atoms with van der Waals surface area (Å²) < 4.78 is 0. The van der Waals surface area contributed by atoms with Gasteiger partial charge in [0.1, 0.15) is 0 Å². The highest BCUT2D eigenvalue weighted by Gasteiger charge is 2.08. The Morgan fingerprint density at radius 2 is 1.52 bits per heavy atom. The molecule has 0 radical (unpaired) electrons. The van der Waals surface area contributed by atoms with Crippen LogP contribution in [-0.2, 0) is 6.54 Å². The Kier molecular flexibility index (Phi) is 5.61. The molecule has 2 aromatic rings. The summed E-state index contributed by atoms with van der Waals surface area (Å²) in [5.74, 6) is 0. The first-order valence-corrected chi connectivity index (χ1v) is 8.38. The van der Waals surface area contributed by atoms with Gasteiger partial charge in [-0.15, -0.1) is 0 Å². The number of rotatable bonds is 4. The fourth-order valence-corrected chi connectivity index (χ4v) is 2.94. The van der Waals surface area contributed by atoms with Crippen LogP contribution in [0.25, 0.3) is 0 Å². The van der Waals surface area contributed by atoms with Crippen LogP contribution in [0.4, 0.5) is 0 Å². The maximum Gasteiger partial charge on any atom is 0.0603 e. The van der Waals surface area contributed by atoms with Crippen molar-refractivity contribution in [3.05, 3.63) is 58.1 Å². The first kappa shape index (κ1) is 16.7. The van der Waals surface area contributed by atoms with Crippen molar-refractivity contribution in [3.63, 3.8) is 0 Å². The number of benzene rings is 2. The van der Waals surface area contributed by atoms with E-state index >= 15 is 0 Å². The molecule has 112 valence electrons. The van der Waals surface area contributed by atoms with Crippen LogP contribution < -0.4 is 5.32 Å². The summed E-state index contributed by atoms with van der Waals surface area (Å²) in [6, 6.07) is 14.3. The van der Waals surface area contributed by atoms with Gasteiger partial charge in [-0.1, -0.05) is 47.1 Å². The van der Waals surface area contributed by atoms with Gasteiger partial charge < -0.3 is 5.32 Å². The Morgan fingerprint density at radius 1 is 0.905 bits per heavy atom. The minimum absolute atomic E-state index is 0.132. The lowest BCUT2D eigenvalue weighted by Crippen LogP contribution is -2.35. The minimum atomic E-state index is 0.132. The minimum Gasteiger partial charge on any atom is -0.308 e. The summed E-state index contributed by atoms with van der Waals surface area (Å²) in [6.07, 6.45) is 0. The van der Waals surface area contributed by atoms with Gasteiger partial charge in [-0.3, -0.25) is 0 Å². The maximum atomic E-state index is 6.04. The van der Waals surface area contributed by atoms with Crippen LogP contribution in [0, 0.1) is 0 Å². The van der Waals surface area contributed by atoms with Gasteiger partial charge in [-0.05, 0) is 56.7 Å². The van der Waals surface area contributed by atoms with Crippen LogP contribution in [0.15, 0.2) is 52.3 Å². The Labute approximate surface area is 141 Å². The van der Waals surface area contributed by atoms with E-state index in [4.69, 9.17) is 23.2 Å². The smallest absolute Gasteiger partial charge is 0.0603 e. The predicted octanol–water partition coefficient (Wildman–Crippen LogP) is 6.03. The maximum absolute atomic E-state index is 6.04. The SMILES string of the molecule is CC(C)(C)NCc1ccc(Sc2ccc(Cl)c(Cl)c2)cc1. The molecule has 0 fully saturated rings. The van der Waals surface area contributed by atoms with Crippen molar-refractivity contribution in [1.82, 2.24) is 5.32 Å². The molecular formula is C17H19Cl2NS. The summed E-state index contributed by atoms with van der Waals surface area (Å²) in [6.45, 7) is 7.38. The lowest BCUT2D eigenvalue weighted by molar-refractivity contribution is 0.424. The molecule has 1 nitrogen and oxygen atoms in total. The van der Waals surface area contributed by atoms with E-state index in [2.05, 4.69) is 50.4 Å². The third-order valence-corrected chi connectivity index (χ3v) is 4.61. The predicted molar refractivity (Wildman–Crippen MR) is 93.6 cm³/mol. The molecule has 2 aromatic carbocycles. The summed E-state index contributed by atoms with van der Waals surface area (Å²) in [7, 11) is 0. The van der Waals surface area contributed by atoms with Crippen molar-refractivity contribution in [2.45, 2.75) is 42.6 Å². The number of nitrogens with one attached hydrogen (secondary N) is 1. The fourth-order valence-electron chi connectivity index (χ4n) is 1.72. The molecule has 4 heteroatoms.